The number of aliphatic carboxylic acids is 1. The molecule has 0 aliphatic heterocycles. The van der Waals surface area contributed by atoms with Crippen LogP contribution in [0.1, 0.15) is 5.69 Å². The zero-order valence-corrected chi connectivity index (χ0v) is 9.08. The Kier molecular flexibility index (Phi) is 2.47. The molecule has 2 aromatic heterocycles. The lowest BCUT2D eigenvalue weighted by molar-refractivity contribution is -0.137. The Bertz CT molecular complexity index is 527. The Hall–Kier alpha value is -2.11. The van der Waals surface area contributed by atoms with Crippen molar-refractivity contribution in [3.05, 3.63) is 24.2 Å². The monoisotopic (exact) mass is 220 g/mol. The average Bonchev–Trinajstić information content (AvgIpc) is 2.75. The molecule has 0 radical (unpaired) electrons. The van der Waals surface area contributed by atoms with Crippen molar-refractivity contribution in [1.29, 1.82) is 0 Å². The zero-order valence-electron chi connectivity index (χ0n) is 9.08. The molecule has 1 N–H and O–H groups in total. The number of carbonyl (C=O) groups is 1. The van der Waals surface area contributed by atoms with Crippen molar-refractivity contribution < 1.29 is 9.90 Å². The largest absolute Gasteiger partial charge is 0.480 e. The standard InChI is InChI=1S/C10H12N4O2/c1-7-8(5-11-13(7)2)9-3-4-14(12-9)6-10(15)16/h3-5H,6H2,1-2H3,(H,15,16). The molecule has 0 unspecified atom stereocenters. The normalized spacial score (nSPS) is 10.6. The molecule has 0 saturated heterocycles. The SMILES string of the molecule is Cc1c(-c2ccn(CC(=O)O)n2)cnn1C. The summed E-state index contributed by atoms with van der Waals surface area (Å²) in [5.74, 6) is -0.905. The summed E-state index contributed by atoms with van der Waals surface area (Å²) >= 11 is 0. The van der Waals surface area contributed by atoms with E-state index in [1.165, 1.54) is 4.68 Å². The van der Waals surface area contributed by atoms with E-state index < -0.39 is 5.97 Å². The fraction of sp³-hybridized carbons (Fsp3) is 0.300. The van der Waals surface area contributed by atoms with Gasteiger partial charge in [-0.3, -0.25) is 14.2 Å². The van der Waals surface area contributed by atoms with E-state index in [2.05, 4.69) is 10.2 Å². The molecule has 0 amide bonds. The molecule has 6 nitrogen and oxygen atoms in total. The van der Waals surface area contributed by atoms with Crippen LogP contribution < -0.4 is 0 Å². The molecule has 0 fully saturated rings. The fourth-order valence-corrected chi connectivity index (χ4v) is 1.48. The van der Waals surface area contributed by atoms with Crippen molar-refractivity contribution in [3.63, 3.8) is 0 Å². The molecular formula is C10H12N4O2. The number of hydrogen-bond acceptors (Lipinski definition) is 3. The number of hydrogen-bond donors (Lipinski definition) is 1. The van der Waals surface area contributed by atoms with Crippen LogP contribution in [0, 0.1) is 6.92 Å². The molecule has 0 aliphatic rings. The molecule has 0 bridgehead atoms. The van der Waals surface area contributed by atoms with Crippen molar-refractivity contribution in [3.8, 4) is 11.3 Å². The van der Waals surface area contributed by atoms with E-state index in [1.807, 2.05) is 14.0 Å². The summed E-state index contributed by atoms with van der Waals surface area (Å²) in [6.07, 6.45) is 3.37. The van der Waals surface area contributed by atoms with Crippen LogP contribution in [0.4, 0.5) is 0 Å². The predicted octanol–water partition coefficient (Wildman–Crippen LogP) is 0.677. The lowest BCUT2D eigenvalue weighted by Gasteiger charge is -1.97. The van der Waals surface area contributed by atoms with E-state index in [4.69, 9.17) is 5.11 Å². The highest BCUT2D eigenvalue weighted by molar-refractivity contribution is 5.67. The second kappa shape index (κ2) is 3.80. The van der Waals surface area contributed by atoms with Crippen molar-refractivity contribution in [2.75, 3.05) is 0 Å². The van der Waals surface area contributed by atoms with E-state index in [0.29, 0.717) is 0 Å². The van der Waals surface area contributed by atoms with Crippen LogP contribution in [0.2, 0.25) is 0 Å². The maximum absolute atomic E-state index is 10.5. The first-order valence-corrected chi connectivity index (χ1v) is 4.82. The van der Waals surface area contributed by atoms with Crippen LogP contribution in [-0.4, -0.2) is 30.6 Å². The van der Waals surface area contributed by atoms with E-state index in [-0.39, 0.29) is 6.54 Å². The summed E-state index contributed by atoms with van der Waals surface area (Å²) in [7, 11) is 1.85. The van der Waals surface area contributed by atoms with Gasteiger partial charge in [-0.2, -0.15) is 10.2 Å². The van der Waals surface area contributed by atoms with Crippen molar-refractivity contribution in [2.24, 2.45) is 7.05 Å². The minimum absolute atomic E-state index is 0.126. The van der Waals surface area contributed by atoms with E-state index in [9.17, 15) is 4.79 Å². The Morgan fingerprint density at radius 3 is 2.88 bits per heavy atom. The number of nitrogens with zero attached hydrogens (tertiary/aromatic N) is 4. The number of aryl methyl sites for hydroxylation is 1. The van der Waals surface area contributed by atoms with Crippen LogP contribution in [0.25, 0.3) is 11.3 Å². The third kappa shape index (κ3) is 1.81. The molecule has 0 spiro atoms. The molecule has 6 heteroatoms. The highest BCUT2D eigenvalue weighted by atomic mass is 16.4. The van der Waals surface area contributed by atoms with Gasteiger partial charge in [0.2, 0.25) is 0 Å². The summed E-state index contributed by atoms with van der Waals surface area (Å²) in [6.45, 7) is 1.82. The smallest absolute Gasteiger partial charge is 0.325 e. The molecule has 16 heavy (non-hydrogen) atoms. The van der Waals surface area contributed by atoms with Gasteiger partial charge >= 0.3 is 5.97 Å². The first-order chi connectivity index (χ1) is 7.58. The maximum atomic E-state index is 10.5. The third-order valence-electron chi connectivity index (χ3n) is 2.45. The molecule has 84 valence electrons. The Morgan fingerprint density at radius 1 is 1.56 bits per heavy atom. The quantitative estimate of drug-likeness (QED) is 0.825. The molecule has 2 rings (SSSR count). The van der Waals surface area contributed by atoms with Crippen LogP contribution in [-0.2, 0) is 18.4 Å². The predicted molar refractivity (Wildman–Crippen MR) is 56.8 cm³/mol. The zero-order chi connectivity index (χ0) is 11.7. The molecule has 0 aliphatic carbocycles. The highest BCUT2D eigenvalue weighted by Crippen LogP contribution is 2.19. The summed E-state index contributed by atoms with van der Waals surface area (Å²) < 4.78 is 3.15. The van der Waals surface area contributed by atoms with Gasteiger partial charge in [0.15, 0.2) is 0 Å². The molecule has 2 heterocycles. The summed E-state index contributed by atoms with van der Waals surface area (Å²) in [5.41, 5.74) is 2.67. The van der Waals surface area contributed by atoms with Crippen molar-refractivity contribution in [1.82, 2.24) is 19.6 Å². The van der Waals surface area contributed by atoms with Crippen molar-refractivity contribution in [2.45, 2.75) is 13.5 Å². The summed E-state index contributed by atoms with van der Waals surface area (Å²) in [6, 6.07) is 1.78. The van der Waals surface area contributed by atoms with E-state index in [0.717, 1.165) is 17.0 Å². The highest BCUT2D eigenvalue weighted by Gasteiger charge is 2.10. The van der Waals surface area contributed by atoms with Crippen LogP contribution >= 0.6 is 0 Å². The molecular weight excluding hydrogens is 208 g/mol. The minimum Gasteiger partial charge on any atom is -0.480 e. The van der Waals surface area contributed by atoms with Crippen molar-refractivity contribution >= 4 is 5.97 Å². The van der Waals surface area contributed by atoms with Gasteiger partial charge in [0.1, 0.15) is 6.54 Å². The Labute approximate surface area is 92.1 Å². The van der Waals surface area contributed by atoms with Gasteiger partial charge in [0, 0.05) is 24.5 Å². The first-order valence-electron chi connectivity index (χ1n) is 4.82. The van der Waals surface area contributed by atoms with Gasteiger partial charge in [-0.1, -0.05) is 0 Å². The Balaban J connectivity index is 2.31. The Morgan fingerprint density at radius 2 is 2.31 bits per heavy atom. The topological polar surface area (TPSA) is 72.9 Å². The minimum atomic E-state index is -0.905. The number of carboxylic acid groups (broad SMARTS) is 1. The van der Waals surface area contributed by atoms with Gasteiger partial charge in [-0.25, -0.2) is 0 Å². The van der Waals surface area contributed by atoms with Gasteiger partial charge in [-0.15, -0.1) is 0 Å². The lowest BCUT2D eigenvalue weighted by Crippen LogP contribution is -2.08. The first kappa shape index (κ1) is 10.4. The second-order valence-electron chi connectivity index (χ2n) is 3.56. The number of carboxylic acids is 1. The summed E-state index contributed by atoms with van der Waals surface area (Å²) in [4.78, 5) is 10.5. The van der Waals surface area contributed by atoms with Gasteiger partial charge in [0.25, 0.3) is 0 Å². The summed E-state index contributed by atoms with van der Waals surface area (Å²) in [5, 5.41) is 16.9. The second-order valence-corrected chi connectivity index (χ2v) is 3.56. The van der Waals surface area contributed by atoms with E-state index in [1.54, 1.807) is 23.1 Å². The lowest BCUT2D eigenvalue weighted by atomic mass is 10.2. The third-order valence-corrected chi connectivity index (χ3v) is 2.45. The number of rotatable bonds is 3. The molecule has 0 atom stereocenters. The maximum Gasteiger partial charge on any atom is 0.325 e. The van der Waals surface area contributed by atoms with Crippen LogP contribution in [0.15, 0.2) is 18.5 Å². The molecule has 0 aromatic carbocycles. The molecule has 0 saturated carbocycles. The van der Waals surface area contributed by atoms with Gasteiger partial charge < -0.3 is 5.11 Å². The van der Waals surface area contributed by atoms with Gasteiger partial charge in [-0.05, 0) is 13.0 Å². The van der Waals surface area contributed by atoms with E-state index >= 15 is 0 Å². The fourth-order valence-electron chi connectivity index (χ4n) is 1.48. The van der Waals surface area contributed by atoms with Crippen LogP contribution in [0.3, 0.4) is 0 Å². The number of aromatic nitrogens is 4. The van der Waals surface area contributed by atoms with Crippen LogP contribution in [0.5, 0.6) is 0 Å². The molecule has 2 aromatic rings. The average molecular weight is 220 g/mol. The van der Waals surface area contributed by atoms with Gasteiger partial charge in [0.05, 0.1) is 11.9 Å².